The molecule has 2 heterocycles. The van der Waals surface area contributed by atoms with Crippen molar-refractivity contribution in [3.05, 3.63) is 27.9 Å². The summed E-state index contributed by atoms with van der Waals surface area (Å²) < 4.78 is 5.16. The average molecular weight is 325 g/mol. The van der Waals surface area contributed by atoms with Crippen molar-refractivity contribution in [2.45, 2.75) is 31.3 Å². The zero-order valence-corrected chi connectivity index (χ0v) is 13.1. The topological polar surface area (TPSA) is 90.7 Å². The third-order valence-corrected chi connectivity index (χ3v) is 5.00. The molecular formula is C15H19ClN3O3-. The maximum Gasteiger partial charge on any atom is 0.247 e. The molecule has 0 spiro atoms. The summed E-state index contributed by atoms with van der Waals surface area (Å²) in [6.07, 6.45) is 2.75. The normalized spacial score (nSPS) is 26.8. The van der Waals surface area contributed by atoms with Crippen molar-refractivity contribution in [2.75, 3.05) is 19.4 Å². The highest BCUT2D eigenvalue weighted by Gasteiger charge is 2.37. The molecular weight excluding hydrogens is 306 g/mol. The van der Waals surface area contributed by atoms with Gasteiger partial charge in [-0.05, 0) is 31.2 Å². The molecule has 2 bridgehead atoms. The summed E-state index contributed by atoms with van der Waals surface area (Å²) >= 11 is 5.98. The number of hydrogen-bond donors (Lipinski definition) is 2. The molecule has 1 aromatic carbocycles. The van der Waals surface area contributed by atoms with Gasteiger partial charge in [-0.3, -0.25) is 4.79 Å². The lowest BCUT2D eigenvalue weighted by molar-refractivity contribution is 0.0535. The summed E-state index contributed by atoms with van der Waals surface area (Å²) in [5, 5.41) is 16.8. The zero-order valence-electron chi connectivity index (χ0n) is 12.3. The molecule has 1 amide bonds. The second-order valence-corrected chi connectivity index (χ2v) is 6.36. The first kappa shape index (κ1) is 15.4. The number of hydrogen-bond acceptors (Lipinski definition) is 5. The van der Waals surface area contributed by atoms with Crippen LogP contribution in [0.3, 0.4) is 0 Å². The number of nitrogen functional groups attached to an aromatic ring is 1. The Morgan fingerprint density at radius 1 is 1.50 bits per heavy atom. The van der Waals surface area contributed by atoms with Gasteiger partial charge in [-0.15, -0.1) is 0 Å². The number of rotatable bonds is 3. The van der Waals surface area contributed by atoms with Crippen LogP contribution >= 0.6 is 11.6 Å². The largest absolute Gasteiger partial charge is 0.756 e. The summed E-state index contributed by atoms with van der Waals surface area (Å²) in [6.45, 7) is 0.793. The Morgan fingerprint density at radius 2 is 2.27 bits per heavy atom. The third kappa shape index (κ3) is 2.62. The van der Waals surface area contributed by atoms with Crippen LogP contribution in [-0.4, -0.2) is 36.7 Å². The molecule has 6 nitrogen and oxygen atoms in total. The van der Waals surface area contributed by atoms with Crippen molar-refractivity contribution >= 4 is 23.2 Å². The Bertz CT molecular complexity index is 588. The number of ether oxygens (including phenoxy) is 1. The smallest absolute Gasteiger partial charge is 0.247 e. The Hall–Kier alpha value is -1.50. The molecule has 120 valence electrons. The number of anilines is 1. The van der Waals surface area contributed by atoms with Crippen LogP contribution in [0.2, 0.25) is 5.02 Å². The maximum absolute atomic E-state index is 12.6. The molecule has 0 aromatic heterocycles. The van der Waals surface area contributed by atoms with E-state index in [0.29, 0.717) is 23.2 Å². The number of nitrogens with one attached hydrogen (secondary N) is 1. The van der Waals surface area contributed by atoms with Crippen LogP contribution in [0.1, 0.15) is 29.6 Å². The van der Waals surface area contributed by atoms with Crippen LogP contribution in [0.15, 0.2) is 12.1 Å². The van der Waals surface area contributed by atoms with Gasteiger partial charge in [0.1, 0.15) is 5.75 Å². The van der Waals surface area contributed by atoms with Gasteiger partial charge in [-0.1, -0.05) is 11.6 Å². The van der Waals surface area contributed by atoms with Crippen molar-refractivity contribution in [1.82, 2.24) is 10.4 Å². The zero-order chi connectivity index (χ0) is 15.9. The van der Waals surface area contributed by atoms with Crippen LogP contribution in [0, 0.1) is 11.1 Å². The fourth-order valence-electron chi connectivity index (χ4n) is 3.41. The lowest BCUT2D eigenvalue weighted by Gasteiger charge is -2.50. The fraction of sp³-hybridized carbons (Fsp3) is 0.533. The van der Waals surface area contributed by atoms with Crippen LogP contribution in [0.25, 0.3) is 0 Å². The van der Waals surface area contributed by atoms with E-state index in [9.17, 15) is 10.0 Å². The SMILES string of the molecule is COc1cc(N)c(Cl)cc1C(=O)N([O-])C1CC2CCC1CN2. The van der Waals surface area contributed by atoms with Gasteiger partial charge in [0.25, 0.3) is 0 Å². The number of piperidine rings is 2. The van der Waals surface area contributed by atoms with Gasteiger partial charge >= 0.3 is 0 Å². The maximum atomic E-state index is 12.6. The van der Waals surface area contributed by atoms with Crippen molar-refractivity contribution < 1.29 is 9.53 Å². The van der Waals surface area contributed by atoms with E-state index in [1.165, 1.54) is 19.2 Å². The Labute approximate surface area is 134 Å². The quantitative estimate of drug-likeness (QED) is 0.655. The van der Waals surface area contributed by atoms with Crippen LogP contribution in [0.5, 0.6) is 5.75 Å². The summed E-state index contributed by atoms with van der Waals surface area (Å²) in [5.41, 5.74) is 6.18. The minimum absolute atomic E-state index is 0.158. The Kier molecular flexibility index (Phi) is 4.16. The van der Waals surface area contributed by atoms with E-state index in [1.807, 2.05) is 0 Å². The van der Waals surface area contributed by atoms with Gasteiger partial charge in [-0.25, -0.2) is 0 Å². The molecule has 4 rings (SSSR count). The second-order valence-electron chi connectivity index (χ2n) is 5.95. The van der Waals surface area contributed by atoms with Crippen molar-refractivity contribution in [2.24, 2.45) is 5.92 Å². The van der Waals surface area contributed by atoms with Crippen LogP contribution < -0.4 is 15.8 Å². The van der Waals surface area contributed by atoms with Crippen molar-refractivity contribution in [3.63, 3.8) is 0 Å². The van der Waals surface area contributed by atoms with Crippen LogP contribution in [-0.2, 0) is 0 Å². The minimum Gasteiger partial charge on any atom is -0.756 e. The van der Waals surface area contributed by atoms with Gasteiger partial charge in [0.05, 0.1) is 23.4 Å². The summed E-state index contributed by atoms with van der Waals surface area (Å²) in [5.74, 6) is -0.134. The monoisotopic (exact) mass is 324 g/mol. The highest BCUT2D eigenvalue weighted by atomic mass is 35.5. The van der Waals surface area contributed by atoms with E-state index < -0.39 is 5.91 Å². The molecule has 3 aliphatic rings. The predicted molar refractivity (Wildman–Crippen MR) is 84.9 cm³/mol. The number of nitrogens with zero attached hydrogens (tertiary/aromatic N) is 1. The first-order valence-corrected chi connectivity index (χ1v) is 7.76. The number of methoxy groups -OCH3 is 1. The van der Waals surface area contributed by atoms with Gasteiger partial charge in [0, 0.05) is 24.7 Å². The number of benzene rings is 1. The number of amides is 1. The first-order valence-electron chi connectivity index (χ1n) is 7.38. The van der Waals surface area contributed by atoms with E-state index in [-0.39, 0.29) is 28.3 Å². The molecule has 3 atom stereocenters. The highest BCUT2D eigenvalue weighted by molar-refractivity contribution is 6.33. The van der Waals surface area contributed by atoms with Crippen LogP contribution in [0.4, 0.5) is 5.69 Å². The van der Waals surface area contributed by atoms with E-state index in [4.69, 9.17) is 22.1 Å². The summed E-state index contributed by atoms with van der Waals surface area (Å²) in [4.78, 5) is 12.6. The van der Waals surface area contributed by atoms with Gasteiger partial charge in [-0.2, -0.15) is 0 Å². The highest BCUT2D eigenvalue weighted by Crippen LogP contribution is 2.35. The van der Waals surface area contributed by atoms with E-state index in [2.05, 4.69) is 5.32 Å². The number of carbonyl (C=O) groups is 1. The van der Waals surface area contributed by atoms with E-state index in [0.717, 1.165) is 19.4 Å². The first-order chi connectivity index (χ1) is 10.5. The molecule has 1 saturated carbocycles. The molecule has 2 aliphatic heterocycles. The molecule has 3 N–H and O–H groups in total. The van der Waals surface area contributed by atoms with Gasteiger partial charge in [0.2, 0.25) is 5.91 Å². The number of fused-ring (bicyclic) bond motifs is 3. The molecule has 22 heavy (non-hydrogen) atoms. The lowest BCUT2D eigenvalue weighted by Crippen LogP contribution is -2.57. The summed E-state index contributed by atoms with van der Waals surface area (Å²) in [6, 6.07) is 2.92. The number of halogens is 1. The number of hydroxylamine groups is 2. The lowest BCUT2D eigenvalue weighted by atomic mass is 9.77. The fourth-order valence-corrected chi connectivity index (χ4v) is 3.58. The molecule has 7 heteroatoms. The molecule has 0 radical (unpaired) electrons. The number of carbonyl (C=O) groups excluding carboxylic acids is 1. The number of nitrogens with two attached hydrogens (primary N) is 1. The molecule has 2 saturated heterocycles. The van der Waals surface area contributed by atoms with Crippen molar-refractivity contribution in [1.29, 1.82) is 0 Å². The Morgan fingerprint density at radius 3 is 2.82 bits per heavy atom. The van der Waals surface area contributed by atoms with Crippen molar-refractivity contribution in [3.8, 4) is 5.75 Å². The van der Waals surface area contributed by atoms with Gasteiger partial charge in [0.15, 0.2) is 0 Å². The second kappa shape index (κ2) is 5.95. The minimum atomic E-state index is -0.615. The third-order valence-electron chi connectivity index (χ3n) is 4.68. The van der Waals surface area contributed by atoms with Gasteiger partial charge < -0.3 is 26.1 Å². The molecule has 1 aromatic rings. The van der Waals surface area contributed by atoms with E-state index >= 15 is 0 Å². The predicted octanol–water partition coefficient (Wildman–Crippen LogP) is 2.01. The Balaban J connectivity index is 1.86. The standard InChI is InChI=1S/C15H19ClN3O3/c1-22-14-6-12(17)11(16)5-10(14)15(20)19(21)13-4-9-3-2-8(13)7-18-9/h5-6,8-9,13,18H,2-4,7,17H2,1H3/q-1. The average Bonchev–Trinajstić information content (AvgIpc) is 2.56. The summed E-state index contributed by atoms with van der Waals surface area (Å²) in [7, 11) is 1.43. The molecule has 1 aliphatic carbocycles. The molecule has 3 unspecified atom stereocenters. The van der Waals surface area contributed by atoms with E-state index in [1.54, 1.807) is 0 Å². The molecule has 3 fully saturated rings.